The number of aliphatic imine (C=N–C) groups is 1. The molecule has 0 atom stereocenters. The van der Waals surface area contributed by atoms with Gasteiger partial charge in [0.2, 0.25) is 0 Å². The number of carbonyl (C=O) groups is 1. The number of rotatable bonds is 3. The van der Waals surface area contributed by atoms with Gasteiger partial charge in [-0.25, -0.2) is 4.79 Å². The Labute approximate surface area is 151 Å². The molecule has 0 radical (unpaired) electrons. The van der Waals surface area contributed by atoms with Crippen LogP contribution in [0.25, 0.3) is 0 Å². The second-order valence-electron chi connectivity index (χ2n) is 7.04. The standard InChI is InChI=1S/C14H13F3N2O2.C4H11N/c1-9-5-12(13(20)21)18-8-19(9)7-10-3-2-4-11(6-10)14(15,16)17;1-4(2,3)5/h2-6H,7-8H2,1H3,(H,20,21);5H2,1-3H3. The highest BCUT2D eigenvalue weighted by atomic mass is 19.4. The van der Waals surface area contributed by atoms with Crippen molar-refractivity contribution in [2.24, 2.45) is 10.7 Å². The van der Waals surface area contributed by atoms with E-state index in [1.165, 1.54) is 12.1 Å². The van der Waals surface area contributed by atoms with Crippen LogP contribution in [0.1, 0.15) is 38.8 Å². The summed E-state index contributed by atoms with van der Waals surface area (Å²) in [5.41, 5.74) is 5.75. The molecule has 0 amide bonds. The Morgan fingerprint density at radius 1 is 1.31 bits per heavy atom. The highest BCUT2D eigenvalue weighted by molar-refractivity contribution is 6.40. The maximum Gasteiger partial charge on any atom is 0.416 e. The van der Waals surface area contributed by atoms with Gasteiger partial charge in [0.05, 0.1) is 5.56 Å². The second kappa shape index (κ2) is 8.35. The lowest BCUT2D eigenvalue weighted by atomic mass is 10.1. The van der Waals surface area contributed by atoms with Gasteiger partial charge in [0.25, 0.3) is 0 Å². The van der Waals surface area contributed by atoms with Gasteiger partial charge in [0, 0.05) is 17.8 Å². The van der Waals surface area contributed by atoms with E-state index in [-0.39, 0.29) is 24.5 Å². The number of halogens is 3. The summed E-state index contributed by atoms with van der Waals surface area (Å²) in [6.07, 6.45) is -2.98. The van der Waals surface area contributed by atoms with Crippen molar-refractivity contribution >= 4 is 11.7 Å². The molecule has 0 unspecified atom stereocenters. The van der Waals surface area contributed by atoms with Gasteiger partial charge in [-0.05, 0) is 51.5 Å². The van der Waals surface area contributed by atoms with Gasteiger partial charge in [-0.1, -0.05) is 12.1 Å². The minimum Gasteiger partial charge on any atom is -0.477 e. The van der Waals surface area contributed by atoms with E-state index in [1.54, 1.807) is 17.9 Å². The molecule has 144 valence electrons. The summed E-state index contributed by atoms with van der Waals surface area (Å²) in [5, 5.41) is 8.84. The molecular formula is C18H24F3N3O2. The van der Waals surface area contributed by atoms with Gasteiger partial charge in [-0.15, -0.1) is 0 Å². The van der Waals surface area contributed by atoms with Crippen LogP contribution >= 0.6 is 0 Å². The van der Waals surface area contributed by atoms with Crippen LogP contribution in [0.5, 0.6) is 0 Å². The van der Waals surface area contributed by atoms with E-state index in [0.29, 0.717) is 11.3 Å². The molecule has 1 aliphatic heterocycles. The van der Waals surface area contributed by atoms with Crippen LogP contribution in [-0.4, -0.2) is 33.9 Å². The molecule has 1 aliphatic rings. The molecule has 26 heavy (non-hydrogen) atoms. The van der Waals surface area contributed by atoms with Crippen molar-refractivity contribution in [1.29, 1.82) is 0 Å². The third kappa shape index (κ3) is 7.69. The topological polar surface area (TPSA) is 78.9 Å². The van der Waals surface area contributed by atoms with Crippen LogP contribution in [0, 0.1) is 0 Å². The number of nitrogens with two attached hydrogens (primary N) is 1. The predicted molar refractivity (Wildman–Crippen MR) is 94.6 cm³/mol. The summed E-state index contributed by atoms with van der Waals surface area (Å²) in [7, 11) is 0. The highest BCUT2D eigenvalue weighted by Gasteiger charge is 2.30. The molecule has 5 nitrogen and oxygen atoms in total. The van der Waals surface area contributed by atoms with Gasteiger partial charge >= 0.3 is 12.1 Å². The largest absolute Gasteiger partial charge is 0.477 e. The zero-order valence-corrected chi connectivity index (χ0v) is 15.3. The minimum absolute atomic E-state index is 0. The van der Waals surface area contributed by atoms with E-state index >= 15 is 0 Å². The molecular weight excluding hydrogens is 347 g/mol. The Kier molecular flexibility index (Phi) is 6.97. The van der Waals surface area contributed by atoms with Crippen LogP contribution in [-0.2, 0) is 17.5 Å². The van der Waals surface area contributed by atoms with Crippen LogP contribution in [0.4, 0.5) is 13.2 Å². The number of nitrogens with zero attached hydrogens (tertiary/aromatic N) is 2. The number of alkyl halides is 3. The molecule has 1 aromatic rings. The van der Waals surface area contributed by atoms with Gasteiger partial charge in [-0.2, -0.15) is 13.2 Å². The van der Waals surface area contributed by atoms with Crippen molar-refractivity contribution < 1.29 is 23.1 Å². The summed E-state index contributed by atoms with van der Waals surface area (Å²) in [6.45, 7) is 7.95. The van der Waals surface area contributed by atoms with Gasteiger partial charge < -0.3 is 15.7 Å². The van der Waals surface area contributed by atoms with Crippen molar-refractivity contribution in [3.8, 4) is 0 Å². The SMILES string of the molecule is CC(C)(C)N.CC1=CC(C(=O)O)=NCN1Cc1cccc(C(F)(F)F)c1. The maximum atomic E-state index is 12.7. The summed E-state index contributed by atoms with van der Waals surface area (Å²) in [6, 6.07) is 5.05. The highest BCUT2D eigenvalue weighted by Crippen LogP contribution is 2.30. The monoisotopic (exact) mass is 371 g/mol. The molecule has 3 N–H and O–H groups in total. The fraction of sp³-hybridized carbons (Fsp3) is 0.444. The zero-order valence-electron chi connectivity index (χ0n) is 15.3. The number of carboxylic acids is 1. The molecule has 0 aromatic heterocycles. The van der Waals surface area contributed by atoms with E-state index < -0.39 is 17.7 Å². The molecule has 0 fully saturated rings. The third-order valence-electron chi connectivity index (χ3n) is 3.10. The number of carboxylic acid groups (broad SMARTS) is 1. The number of hydrogen-bond acceptors (Lipinski definition) is 4. The van der Waals surface area contributed by atoms with Crippen LogP contribution in [0.3, 0.4) is 0 Å². The number of aliphatic carboxylic acids is 1. The third-order valence-corrected chi connectivity index (χ3v) is 3.10. The van der Waals surface area contributed by atoms with E-state index in [0.717, 1.165) is 12.1 Å². The van der Waals surface area contributed by atoms with E-state index in [2.05, 4.69) is 4.99 Å². The number of benzene rings is 1. The van der Waals surface area contributed by atoms with Gasteiger partial charge in [0.1, 0.15) is 12.4 Å². The Morgan fingerprint density at radius 3 is 2.35 bits per heavy atom. The normalized spacial score (nSPS) is 14.8. The Morgan fingerprint density at radius 2 is 1.88 bits per heavy atom. The zero-order chi connectivity index (χ0) is 20.1. The van der Waals surface area contributed by atoms with Crippen molar-refractivity contribution in [3.05, 3.63) is 47.2 Å². The molecule has 0 bridgehead atoms. The van der Waals surface area contributed by atoms with Crippen LogP contribution < -0.4 is 5.73 Å². The Hall–Kier alpha value is -2.35. The first-order valence-corrected chi connectivity index (χ1v) is 7.93. The molecule has 0 aliphatic carbocycles. The average molecular weight is 371 g/mol. The van der Waals surface area contributed by atoms with Crippen molar-refractivity contribution in [2.75, 3.05) is 6.67 Å². The molecule has 1 aromatic carbocycles. The quantitative estimate of drug-likeness (QED) is 0.850. The van der Waals surface area contributed by atoms with Crippen LogP contribution in [0.15, 0.2) is 41.0 Å². The predicted octanol–water partition coefficient (Wildman–Crippen LogP) is 3.65. The lowest BCUT2D eigenvalue weighted by molar-refractivity contribution is -0.137. The summed E-state index contributed by atoms with van der Waals surface area (Å²) >= 11 is 0. The molecule has 0 spiro atoms. The van der Waals surface area contributed by atoms with Crippen molar-refractivity contribution in [1.82, 2.24) is 4.90 Å². The molecule has 1 heterocycles. The Balaban J connectivity index is 0.000000597. The van der Waals surface area contributed by atoms with Crippen LogP contribution in [0.2, 0.25) is 0 Å². The molecule has 8 heteroatoms. The first kappa shape index (κ1) is 21.7. The fourth-order valence-corrected chi connectivity index (χ4v) is 1.98. The minimum atomic E-state index is -4.38. The summed E-state index contributed by atoms with van der Waals surface area (Å²) < 4.78 is 38.0. The van der Waals surface area contributed by atoms with E-state index in [1.807, 2.05) is 20.8 Å². The lowest BCUT2D eigenvalue weighted by Crippen LogP contribution is -2.28. The average Bonchev–Trinajstić information content (AvgIpc) is 2.47. The fourth-order valence-electron chi connectivity index (χ4n) is 1.98. The second-order valence-corrected chi connectivity index (χ2v) is 7.04. The first-order chi connectivity index (χ1) is 11.8. The smallest absolute Gasteiger partial charge is 0.416 e. The van der Waals surface area contributed by atoms with E-state index in [9.17, 15) is 18.0 Å². The van der Waals surface area contributed by atoms with Gasteiger partial charge in [0.15, 0.2) is 0 Å². The van der Waals surface area contributed by atoms with Gasteiger partial charge in [-0.3, -0.25) is 4.99 Å². The van der Waals surface area contributed by atoms with Crippen molar-refractivity contribution in [3.63, 3.8) is 0 Å². The summed E-state index contributed by atoms with van der Waals surface area (Å²) in [4.78, 5) is 16.4. The molecule has 0 saturated carbocycles. The molecule has 2 rings (SSSR count). The number of hydrogen-bond donors (Lipinski definition) is 2. The van der Waals surface area contributed by atoms with Crippen molar-refractivity contribution in [2.45, 2.75) is 46.0 Å². The number of allylic oxidation sites excluding steroid dienone is 1. The lowest BCUT2D eigenvalue weighted by Gasteiger charge is -2.26. The summed E-state index contributed by atoms with van der Waals surface area (Å²) in [5.74, 6) is -1.12. The van der Waals surface area contributed by atoms with E-state index in [4.69, 9.17) is 10.8 Å². The molecule has 0 saturated heterocycles. The maximum absolute atomic E-state index is 12.7. The first-order valence-electron chi connectivity index (χ1n) is 7.93. The Bertz CT molecular complexity index is 698.